The number of guanidine groups is 1. The van der Waals surface area contributed by atoms with Gasteiger partial charge in [0.1, 0.15) is 6.04 Å². The van der Waals surface area contributed by atoms with Crippen LogP contribution in [0.25, 0.3) is 0 Å². The first-order chi connectivity index (χ1) is 18.7. The summed E-state index contributed by atoms with van der Waals surface area (Å²) < 4.78 is 27.3. The lowest BCUT2D eigenvalue weighted by atomic mass is 10.1. The normalized spacial score (nSPS) is 20.3. The number of aromatic nitrogens is 1. The SMILES string of the molecule is NC(N)=NCCCC(NC(=O)C1CC[C@H]2CN(S(=O)(=O)CCc3ccccc3)CC(=O)N12)C(=O)c1nccs1. The van der Waals surface area contributed by atoms with Crippen LogP contribution >= 0.6 is 11.3 Å². The molecule has 14 heteroatoms. The molecule has 2 fully saturated rings. The molecule has 1 aromatic carbocycles. The molecule has 3 atom stereocenters. The van der Waals surface area contributed by atoms with Gasteiger partial charge in [-0.2, -0.15) is 4.31 Å². The summed E-state index contributed by atoms with van der Waals surface area (Å²) in [6, 6.07) is 7.28. The maximum Gasteiger partial charge on any atom is 0.243 e. The summed E-state index contributed by atoms with van der Waals surface area (Å²) in [5.74, 6) is -1.33. The largest absolute Gasteiger partial charge is 0.370 e. The van der Waals surface area contributed by atoms with Crippen LogP contribution in [0, 0.1) is 0 Å². The predicted molar refractivity (Wildman–Crippen MR) is 147 cm³/mol. The second-order valence-electron chi connectivity index (χ2n) is 9.60. The van der Waals surface area contributed by atoms with Crippen molar-refractivity contribution < 1.29 is 22.8 Å². The third-order valence-corrected chi connectivity index (χ3v) is 9.50. The summed E-state index contributed by atoms with van der Waals surface area (Å²) >= 11 is 1.18. The molecule has 2 saturated heterocycles. The van der Waals surface area contributed by atoms with Gasteiger partial charge in [0, 0.05) is 30.7 Å². The molecule has 0 radical (unpaired) electrons. The van der Waals surface area contributed by atoms with Crippen LogP contribution in [0.4, 0.5) is 0 Å². The molecule has 5 N–H and O–H groups in total. The van der Waals surface area contributed by atoms with Gasteiger partial charge in [-0.05, 0) is 37.7 Å². The molecule has 0 bridgehead atoms. The highest BCUT2D eigenvalue weighted by Gasteiger charge is 2.47. The molecule has 0 aliphatic carbocycles. The number of benzene rings is 1. The molecule has 39 heavy (non-hydrogen) atoms. The molecule has 2 amide bonds. The van der Waals surface area contributed by atoms with Crippen molar-refractivity contribution in [2.24, 2.45) is 16.5 Å². The van der Waals surface area contributed by atoms with E-state index in [1.807, 2.05) is 30.3 Å². The van der Waals surface area contributed by atoms with E-state index in [0.29, 0.717) is 38.6 Å². The number of nitrogens with two attached hydrogens (primary N) is 2. The Hall–Kier alpha value is -3.36. The van der Waals surface area contributed by atoms with Gasteiger partial charge in [0.25, 0.3) is 0 Å². The number of aryl methyl sites for hydroxylation is 1. The number of thiazole rings is 1. The number of fused-ring (bicyclic) bond motifs is 1. The Labute approximate surface area is 231 Å². The van der Waals surface area contributed by atoms with Gasteiger partial charge in [0.15, 0.2) is 11.0 Å². The van der Waals surface area contributed by atoms with Gasteiger partial charge in [-0.25, -0.2) is 13.4 Å². The van der Waals surface area contributed by atoms with E-state index in [9.17, 15) is 22.8 Å². The maximum absolute atomic E-state index is 13.3. The minimum atomic E-state index is -3.66. The van der Waals surface area contributed by atoms with Crippen molar-refractivity contribution in [1.29, 1.82) is 0 Å². The monoisotopic (exact) mass is 575 g/mol. The number of carbonyl (C=O) groups is 3. The molecule has 0 spiro atoms. The molecule has 210 valence electrons. The molecular weight excluding hydrogens is 542 g/mol. The smallest absolute Gasteiger partial charge is 0.243 e. The Bertz CT molecular complexity index is 1300. The van der Waals surface area contributed by atoms with E-state index in [1.54, 1.807) is 5.38 Å². The summed E-state index contributed by atoms with van der Waals surface area (Å²) in [6.07, 6.45) is 3.48. The Morgan fingerprint density at radius 2 is 1.97 bits per heavy atom. The van der Waals surface area contributed by atoms with Gasteiger partial charge < -0.3 is 21.7 Å². The molecule has 4 rings (SSSR count). The number of ketones is 1. The van der Waals surface area contributed by atoms with E-state index in [1.165, 1.54) is 26.7 Å². The van der Waals surface area contributed by atoms with Crippen LogP contribution in [0.3, 0.4) is 0 Å². The second-order valence-corrected chi connectivity index (χ2v) is 12.6. The lowest BCUT2D eigenvalue weighted by molar-refractivity contribution is -0.143. The molecular formula is C25H33N7O5S2. The lowest BCUT2D eigenvalue weighted by Gasteiger charge is -2.38. The molecule has 0 saturated carbocycles. The lowest BCUT2D eigenvalue weighted by Crippen LogP contribution is -2.60. The van der Waals surface area contributed by atoms with Crippen molar-refractivity contribution in [3.8, 4) is 0 Å². The number of hydrogen-bond donors (Lipinski definition) is 3. The van der Waals surface area contributed by atoms with Crippen LogP contribution < -0.4 is 16.8 Å². The Balaban J connectivity index is 1.39. The highest BCUT2D eigenvalue weighted by Crippen LogP contribution is 2.30. The minimum absolute atomic E-state index is 0.0569. The first kappa shape index (κ1) is 28.6. The number of amides is 2. The molecule has 3 heterocycles. The van der Waals surface area contributed by atoms with Gasteiger partial charge in [-0.15, -0.1) is 11.3 Å². The van der Waals surface area contributed by atoms with Crippen molar-refractivity contribution in [3.63, 3.8) is 0 Å². The van der Waals surface area contributed by atoms with Crippen LogP contribution in [0.5, 0.6) is 0 Å². The average Bonchev–Trinajstić information content (AvgIpc) is 3.60. The molecule has 2 aliphatic heterocycles. The summed E-state index contributed by atoms with van der Waals surface area (Å²) in [6.45, 7) is 0.134. The third-order valence-electron chi connectivity index (χ3n) is 6.93. The number of sulfonamides is 1. The van der Waals surface area contributed by atoms with E-state index < -0.39 is 40.0 Å². The van der Waals surface area contributed by atoms with Crippen LogP contribution in [-0.4, -0.2) is 89.7 Å². The van der Waals surface area contributed by atoms with Gasteiger partial charge in [-0.3, -0.25) is 19.4 Å². The van der Waals surface area contributed by atoms with Crippen molar-refractivity contribution in [2.75, 3.05) is 25.4 Å². The number of nitrogens with one attached hydrogen (secondary N) is 1. The Kier molecular flexibility index (Phi) is 9.30. The standard InChI is InChI=1S/C25H33N7O5S2/c26-25(27)29-11-4-7-19(22(34)24-28-12-13-38-24)30-23(35)20-9-8-18-15-31(16-21(33)32(18)20)39(36,37)14-10-17-5-2-1-3-6-17/h1-3,5-6,12-13,18-20H,4,7-11,14-16H2,(H,30,35)(H4,26,27,29)/t18-,19?,20?/m0/s1. The molecule has 2 aromatic rings. The predicted octanol–water partition coefficient (Wildman–Crippen LogP) is 0.112. The first-order valence-electron chi connectivity index (χ1n) is 12.8. The second kappa shape index (κ2) is 12.7. The summed E-state index contributed by atoms with van der Waals surface area (Å²) in [5.41, 5.74) is 11.6. The van der Waals surface area contributed by atoms with E-state index in [0.717, 1.165) is 5.56 Å². The maximum atomic E-state index is 13.3. The summed E-state index contributed by atoms with van der Waals surface area (Å²) in [7, 11) is -3.66. The molecule has 2 aliphatic rings. The quantitative estimate of drug-likeness (QED) is 0.138. The summed E-state index contributed by atoms with van der Waals surface area (Å²) in [5, 5.41) is 4.76. The summed E-state index contributed by atoms with van der Waals surface area (Å²) in [4.78, 5) is 49.0. The van der Waals surface area contributed by atoms with Gasteiger partial charge in [-0.1, -0.05) is 30.3 Å². The van der Waals surface area contributed by atoms with Crippen LogP contribution in [0.15, 0.2) is 46.9 Å². The van der Waals surface area contributed by atoms with Crippen molar-refractivity contribution >= 4 is 44.9 Å². The average molecular weight is 576 g/mol. The fourth-order valence-electron chi connectivity index (χ4n) is 5.00. The minimum Gasteiger partial charge on any atom is -0.370 e. The molecule has 1 aromatic heterocycles. The van der Waals surface area contributed by atoms with E-state index in [2.05, 4.69) is 15.3 Å². The zero-order valence-corrected chi connectivity index (χ0v) is 23.1. The Morgan fingerprint density at radius 3 is 2.67 bits per heavy atom. The number of nitrogens with zero attached hydrogens (tertiary/aromatic N) is 4. The van der Waals surface area contributed by atoms with Gasteiger partial charge in [0.2, 0.25) is 27.6 Å². The van der Waals surface area contributed by atoms with Crippen molar-refractivity contribution in [1.82, 2.24) is 19.5 Å². The van der Waals surface area contributed by atoms with Crippen molar-refractivity contribution in [2.45, 2.75) is 50.2 Å². The van der Waals surface area contributed by atoms with Crippen molar-refractivity contribution in [3.05, 3.63) is 52.5 Å². The number of carbonyl (C=O) groups excluding carboxylic acids is 3. The number of Topliss-reactive ketones (excluding diaryl/α,β-unsaturated/α-hetero) is 1. The van der Waals surface area contributed by atoms with Crippen LogP contribution in [0.2, 0.25) is 0 Å². The van der Waals surface area contributed by atoms with Crippen LogP contribution in [0.1, 0.15) is 41.0 Å². The van der Waals surface area contributed by atoms with E-state index in [-0.39, 0.29) is 35.6 Å². The number of hydrogen-bond acceptors (Lipinski definition) is 8. The zero-order chi connectivity index (χ0) is 28.0. The zero-order valence-electron chi connectivity index (χ0n) is 21.4. The fraction of sp³-hybridized carbons (Fsp3) is 0.480. The topological polar surface area (TPSA) is 181 Å². The first-order valence-corrected chi connectivity index (χ1v) is 15.3. The van der Waals surface area contributed by atoms with Gasteiger partial charge >= 0.3 is 0 Å². The third kappa shape index (κ3) is 7.19. The van der Waals surface area contributed by atoms with E-state index in [4.69, 9.17) is 11.5 Å². The van der Waals surface area contributed by atoms with Gasteiger partial charge in [0.05, 0.1) is 18.3 Å². The highest BCUT2D eigenvalue weighted by atomic mass is 32.2. The number of rotatable bonds is 12. The van der Waals surface area contributed by atoms with Crippen LogP contribution in [-0.2, 0) is 26.0 Å². The number of piperazine rings is 1. The number of aliphatic imine (C=N–C) groups is 1. The van der Waals surface area contributed by atoms with E-state index >= 15 is 0 Å². The highest BCUT2D eigenvalue weighted by molar-refractivity contribution is 7.89. The molecule has 12 nitrogen and oxygen atoms in total. The fourth-order valence-corrected chi connectivity index (χ4v) is 7.09. The molecule has 2 unspecified atom stereocenters. The Morgan fingerprint density at radius 1 is 1.21 bits per heavy atom.